The first-order valence-electron chi connectivity index (χ1n) is 9.37. The van der Waals surface area contributed by atoms with Crippen LogP contribution in [0.2, 0.25) is 0 Å². The first kappa shape index (κ1) is 21.0. The van der Waals surface area contributed by atoms with Crippen molar-refractivity contribution in [2.24, 2.45) is 0 Å². The highest BCUT2D eigenvalue weighted by molar-refractivity contribution is 7.80. The molecule has 0 spiro atoms. The summed E-state index contributed by atoms with van der Waals surface area (Å²) in [6.45, 7) is 0. The van der Waals surface area contributed by atoms with Gasteiger partial charge in [0.05, 0.1) is 6.42 Å². The van der Waals surface area contributed by atoms with Crippen LogP contribution in [0.1, 0.15) is 11.1 Å². The maximum absolute atomic E-state index is 12.2. The van der Waals surface area contributed by atoms with Crippen molar-refractivity contribution in [1.29, 1.82) is 0 Å². The lowest BCUT2D eigenvalue weighted by molar-refractivity contribution is -0.116. The van der Waals surface area contributed by atoms with Gasteiger partial charge in [-0.3, -0.25) is 14.9 Å². The molecule has 6 heteroatoms. The van der Waals surface area contributed by atoms with Gasteiger partial charge in [-0.15, -0.1) is 0 Å². The number of amides is 2. The van der Waals surface area contributed by atoms with Crippen LogP contribution in [-0.2, 0) is 16.0 Å². The Morgan fingerprint density at radius 2 is 1.43 bits per heavy atom. The zero-order valence-corrected chi connectivity index (χ0v) is 17.0. The molecule has 0 fully saturated rings. The number of nitrogens with one attached hydrogen (secondary N) is 3. The second-order valence-electron chi connectivity index (χ2n) is 6.48. The van der Waals surface area contributed by atoms with Gasteiger partial charge in [0.1, 0.15) is 0 Å². The number of anilines is 2. The van der Waals surface area contributed by atoms with Crippen LogP contribution in [0.3, 0.4) is 0 Å². The predicted molar refractivity (Wildman–Crippen MR) is 125 cm³/mol. The SMILES string of the molecule is O=C(/C=C/c1ccccc1)NC(=S)Nc1cccc(NC(=O)Cc2ccccc2)c1. The smallest absolute Gasteiger partial charge is 0.250 e. The van der Waals surface area contributed by atoms with Crippen molar-refractivity contribution in [2.75, 3.05) is 10.6 Å². The molecule has 0 saturated heterocycles. The fourth-order valence-corrected chi connectivity index (χ4v) is 2.93. The maximum Gasteiger partial charge on any atom is 0.250 e. The van der Waals surface area contributed by atoms with Gasteiger partial charge in [0.2, 0.25) is 11.8 Å². The predicted octanol–water partition coefficient (Wildman–Crippen LogP) is 4.39. The van der Waals surface area contributed by atoms with E-state index >= 15 is 0 Å². The Morgan fingerprint density at radius 1 is 0.800 bits per heavy atom. The van der Waals surface area contributed by atoms with Crippen LogP contribution in [0.5, 0.6) is 0 Å². The third kappa shape index (κ3) is 7.00. The molecule has 3 aromatic rings. The zero-order valence-electron chi connectivity index (χ0n) is 16.2. The average Bonchev–Trinajstić information content (AvgIpc) is 2.74. The summed E-state index contributed by atoms with van der Waals surface area (Å²) in [6.07, 6.45) is 3.42. The molecule has 150 valence electrons. The molecule has 3 N–H and O–H groups in total. The largest absolute Gasteiger partial charge is 0.332 e. The molecule has 0 aliphatic rings. The van der Waals surface area contributed by atoms with E-state index < -0.39 is 0 Å². The van der Waals surface area contributed by atoms with Gasteiger partial charge in [0.25, 0.3) is 0 Å². The summed E-state index contributed by atoms with van der Waals surface area (Å²) >= 11 is 5.20. The van der Waals surface area contributed by atoms with Gasteiger partial charge in [-0.25, -0.2) is 0 Å². The fourth-order valence-electron chi connectivity index (χ4n) is 2.71. The minimum absolute atomic E-state index is 0.111. The topological polar surface area (TPSA) is 70.2 Å². The Kier molecular flexibility index (Phi) is 7.46. The molecular formula is C24H21N3O2S. The molecule has 0 aromatic heterocycles. The number of carbonyl (C=O) groups is 2. The number of rotatable bonds is 6. The Balaban J connectivity index is 1.51. The highest BCUT2D eigenvalue weighted by Crippen LogP contribution is 2.15. The van der Waals surface area contributed by atoms with Crippen molar-refractivity contribution in [3.63, 3.8) is 0 Å². The fraction of sp³-hybridized carbons (Fsp3) is 0.0417. The summed E-state index contributed by atoms with van der Waals surface area (Å²) < 4.78 is 0. The summed E-state index contributed by atoms with van der Waals surface area (Å²) in [5.41, 5.74) is 3.16. The second kappa shape index (κ2) is 10.7. The highest BCUT2D eigenvalue weighted by atomic mass is 32.1. The summed E-state index contributed by atoms with van der Waals surface area (Å²) in [6, 6.07) is 26.2. The normalized spacial score (nSPS) is 10.4. The Hall–Kier alpha value is -3.77. The molecule has 0 saturated carbocycles. The summed E-state index contributed by atoms with van der Waals surface area (Å²) in [5, 5.41) is 8.58. The highest BCUT2D eigenvalue weighted by Gasteiger charge is 2.06. The van der Waals surface area contributed by atoms with Gasteiger partial charge in [-0.2, -0.15) is 0 Å². The number of hydrogen-bond donors (Lipinski definition) is 3. The van der Waals surface area contributed by atoms with Crippen LogP contribution < -0.4 is 16.0 Å². The van der Waals surface area contributed by atoms with Gasteiger partial charge in [-0.05, 0) is 47.6 Å². The molecule has 30 heavy (non-hydrogen) atoms. The minimum atomic E-state index is -0.330. The van der Waals surface area contributed by atoms with Crippen molar-refractivity contribution < 1.29 is 9.59 Å². The standard InChI is InChI=1S/C24H21N3O2S/c28-22(15-14-18-8-3-1-4-9-18)27-24(30)26-21-13-7-12-20(17-21)25-23(29)16-19-10-5-2-6-11-19/h1-15,17H,16H2,(H,25,29)(H2,26,27,28,30)/b15-14+. The van der Waals surface area contributed by atoms with E-state index in [1.807, 2.05) is 60.7 Å². The number of hydrogen-bond acceptors (Lipinski definition) is 3. The van der Waals surface area contributed by atoms with Crippen LogP contribution in [0.25, 0.3) is 6.08 Å². The van der Waals surface area contributed by atoms with Crippen molar-refractivity contribution in [2.45, 2.75) is 6.42 Å². The van der Waals surface area contributed by atoms with Crippen molar-refractivity contribution >= 4 is 46.6 Å². The van der Waals surface area contributed by atoms with Crippen molar-refractivity contribution in [3.8, 4) is 0 Å². The number of benzene rings is 3. The second-order valence-corrected chi connectivity index (χ2v) is 6.89. The van der Waals surface area contributed by atoms with E-state index in [2.05, 4.69) is 16.0 Å². The van der Waals surface area contributed by atoms with Crippen molar-refractivity contribution in [3.05, 3.63) is 102 Å². The quantitative estimate of drug-likeness (QED) is 0.412. The van der Waals surface area contributed by atoms with E-state index in [1.54, 1.807) is 30.3 Å². The summed E-state index contributed by atoms with van der Waals surface area (Å²) in [5.74, 6) is -0.441. The van der Waals surface area contributed by atoms with Crippen LogP contribution in [-0.4, -0.2) is 16.9 Å². The lowest BCUT2D eigenvalue weighted by atomic mass is 10.1. The van der Waals surface area contributed by atoms with Gasteiger partial charge in [0.15, 0.2) is 5.11 Å². The van der Waals surface area contributed by atoms with Crippen LogP contribution >= 0.6 is 12.2 Å². The molecule has 0 heterocycles. The summed E-state index contributed by atoms with van der Waals surface area (Å²) in [7, 11) is 0. The number of thiocarbonyl (C=S) groups is 1. The molecule has 3 rings (SSSR count). The Bertz CT molecular complexity index is 1050. The molecule has 2 amide bonds. The van der Waals surface area contributed by atoms with E-state index in [0.717, 1.165) is 11.1 Å². The van der Waals surface area contributed by atoms with Crippen LogP contribution in [0.4, 0.5) is 11.4 Å². The first-order chi connectivity index (χ1) is 14.6. The average molecular weight is 416 g/mol. The molecule has 3 aromatic carbocycles. The first-order valence-corrected chi connectivity index (χ1v) is 9.78. The maximum atomic E-state index is 12.2. The molecule has 0 aliphatic heterocycles. The minimum Gasteiger partial charge on any atom is -0.332 e. The summed E-state index contributed by atoms with van der Waals surface area (Å²) in [4.78, 5) is 24.2. The lowest BCUT2D eigenvalue weighted by Gasteiger charge is -2.10. The van der Waals surface area contributed by atoms with Gasteiger partial charge >= 0.3 is 0 Å². The molecule has 0 aliphatic carbocycles. The Morgan fingerprint density at radius 3 is 2.13 bits per heavy atom. The Labute approximate surface area is 180 Å². The van der Waals surface area contributed by atoms with E-state index in [4.69, 9.17) is 12.2 Å². The third-order valence-electron chi connectivity index (χ3n) is 4.08. The van der Waals surface area contributed by atoms with Gasteiger partial charge < -0.3 is 10.6 Å². The molecule has 0 radical (unpaired) electrons. The molecule has 0 bridgehead atoms. The van der Waals surface area contributed by atoms with Crippen LogP contribution in [0.15, 0.2) is 91.0 Å². The van der Waals surface area contributed by atoms with Crippen LogP contribution in [0, 0.1) is 0 Å². The van der Waals surface area contributed by atoms with E-state index in [1.165, 1.54) is 6.08 Å². The lowest BCUT2D eigenvalue weighted by Crippen LogP contribution is -2.32. The van der Waals surface area contributed by atoms with Gasteiger partial charge in [0, 0.05) is 17.5 Å². The van der Waals surface area contributed by atoms with Crippen molar-refractivity contribution in [1.82, 2.24) is 5.32 Å². The third-order valence-corrected chi connectivity index (χ3v) is 4.28. The zero-order chi connectivity index (χ0) is 21.2. The molecule has 0 unspecified atom stereocenters. The molecular weight excluding hydrogens is 394 g/mol. The van der Waals surface area contributed by atoms with E-state index in [0.29, 0.717) is 17.8 Å². The molecule has 5 nitrogen and oxygen atoms in total. The van der Waals surface area contributed by atoms with E-state index in [-0.39, 0.29) is 16.9 Å². The number of carbonyl (C=O) groups excluding carboxylic acids is 2. The monoisotopic (exact) mass is 415 g/mol. The molecule has 0 atom stereocenters. The van der Waals surface area contributed by atoms with E-state index in [9.17, 15) is 9.59 Å². The van der Waals surface area contributed by atoms with Gasteiger partial charge in [-0.1, -0.05) is 66.7 Å².